The SMILES string of the molecule is CCCC/C=C/CC/C=C/C(O)C(CO)NC(=O)CCCCCCCC. The van der Waals surface area contributed by atoms with Crippen molar-refractivity contribution in [1.82, 2.24) is 5.32 Å². The van der Waals surface area contributed by atoms with E-state index < -0.39 is 12.1 Å². The monoisotopic (exact) mass is 367 g/mol. The highest BCUT2D eigenvalue weighted by atomic mass is 16.3. The average molecular weight is 368 g/mol. The van der Waals surface area contributed by atoms with Gasteiger partial charge in [0.25, 0.3) is 0 Å². The molecule has 2 atom stereocenters. The molecule has 0 fully saturated rings. The molecule has 0 saturated heterocycles. The Morgan fingerprint density at radius 1 is 0.885 bits per heavy atom. The van der Waals surface area contributed by atoms with Crippen molar-refractivity contribution in [2.75, 3.05) is 6.61 Å². The average Bonchev–Trinajstić information content (AvgIpc) is 2.64. The van der Waals surface area contributed by atoms with Gasteiger partial charge in [-0.05, 0) is 25.7 Å². The molecule has 0 spiro atoms. The van der Waals surface area contributed by atoms with Crippen LogP contribution < -0.4 is 5.32 Å². The van der Waals surface area contributed by atoms with Crippen LogP contribution in [0.2, 0.25) is 0 Å². The lowest BCUT2D eigenvalue weighted by Gasteiger charge is -2.19. The van der Waals surface area contributed by atoms with Crippen molar-refractivity contribution >= 4 is 5.91 Å². The van der Waals surface area contributed by atoms with E-state index in [2.05, 4.69) is 31.3 Å². The zero-order valence-electron chi connectivity index (χ0n) is 17.0. The van der Waals surface area contributed by atoms with Gasteiger partial charge >= 0.3 is 0 Å². The molecule has 1 amide bonds. The van der Waals surface area contributed by atoms with Crippen molar-refractivity contribution in [3.63, 3.8) is 0 Å². The van der Waals surface area contributed by atoms with Crippen LogP contribution in [0.25, 0.3) is 0 Å². The molecule has 2 unspecified atom stereocenters. The maximum atomic E-state index is 11.9. The molecule has 0 aromatic heterocycles. The summed E-state index contributed by atoms with van der Waals surface area (Å²) < 4.78 is 0. The molecular weight excluding hydrogens is 326 g/mol. The maximum absolute atomic E-state index is 11.9. The molecule has 4 heteroatoms. The number of amides is 1. The summed E-state index contributed by atoms with van der Waals surface area (Å²) in [5.74, 6) is -0.0918. The number of hydrogen-bond acceptors (Lipinski definition) is 3. The van der Waals surface area contributed by atoms with Crippen LogP contribution in [0.15, 0.2) is 24.3 Å². The van der Waals surface area contributed by atoms with Crippen LogP contribution in [-0.4, -0.2) is 34.9 Å². The number of allylic oxidation sites excluding steroid dienone is 3. The fraction of sp³-hybridized carbons (Fsp3) is 0.773. The van der Waals surface area contributed by atoms with Crippen molar-refractivity contribution in [2.45, 2.75) is 103 Å². The number of aliphatic hydroxyl groups excluding tert-OH is 2. The van der Waals surface area contributed by atoms with E-state index in [-0.39, 0.29) is 12.5 Å². The van der Waals surface area contributed by atoms with Crippen LogP contribution in [0.3, 0.4) is 0 Å². The zero-order valence-corrected chi connectivity index (χ0v) is 17.0. The minimum atomic E-state index is -0.849. The number of aliphatic hydroxyl groups is 2. The highest BCUT2D eigenvalue weighted by Gasteiger charge is 2.17. The first-order valence-corrected chi connectivity index (χ1v) is 10.6. The van der Waals surface area contributed by atoms with E-state index in [1.54, 1.807) is 6.08 Å². The van der Waals surface area contributed by atoms with E-state index in [1.165, 1.54) is 38.5 Å². The maximum Gasteiger partial charge on any atom is 0.220 e. The lowest BCUT2D eigenvalue weighted by Crippen LogP contribution is -2.45. The van der Waals surface area contributed by atoms with Gasteiger partial charge in [0.05, 0.1) is 18.8 Å². The van der Waals surface area contributed by atoms with Crippen molar-refractivity contribution < 1.29 is 15.0 Å². The van der Waals surface area contributed by atoms with Gasteiger partial charge < -0.3 is 15.5 Å². The van der Waals surface area contributed by atoms with Crippen molar-refractivity contribution in [3.8, 4) is 0 Å². The lowest BCUT2D eigenvalue weighted by atomic mass is 10.1. The first-order valence-electron chi connectivity index (χ1n) is 10.6. The predicted octanol–water partition coefficient (Wildman–Crippen LogP) is 4.66. The van der Waals surface area contributed by atoms with Crippen LogP contribution in [0, 0.1) is 0 Å². The van der Waals surface area contributed by atoms with E-state index in [9.17, 15) is 15.0 Å². The number of carbonyl (C=O) groups is 1. The molecule has 0 aliphatic heterocycles. The van der Waals surface area contributed by atoms with Gasteiger partial charge in [0, 0.05) is 6.42 Å². The van der Waals surface area contributed by atoms with Crippen LogP contribution in [0.1, 0.15) is 90.9 Å². The molecule has 4 nitrogen and oxygen atoms in total. The first kappa shape index (κ1) is 24.9. The van der Waals surface area contributed by atoms with Crippen LogP contribution in [0.5, 0.6) is 0 Å². The number of nitrogens with one attached hydrogen (secondary N) is 1. The second kappa shape index (κ2) is 18.7. The Kier molecular flexibility index (Phi) is 17.8. The number of rotatable bonds is 17. The fourth-order valence-electron chi connectivity index (χ4n) is 2.70. The summed E-state index contributed by atoms with van der Waals surface area (Å²) in [4.78, 5) is 11.9. The highest BCUT2D eigenvalue weighted by Crippen LogP contribution is 2.07. The van der Waals surface area contributed by atoms with Gasteiger partial charge in [-0.15, -0.1) is 0 Å². The molecule has 0 rings (SSSR count). The molecule has 3 N–H and O–H groups in total. The summed E-state index contributed by atoms with van der Waals surface area (Å²) in [5, 5.41) is 22.3. The van der Waals surface area contributed by atoms with Gasteiger partial charge in [0.15, 0.2) is 0 Å². The van der Waals surface area contributed by atoms with Gasteiger partial charge in [0.2, 0.25) is 5.91 Å². The Hall–Kier alpha value is -1.13. The summed E-state index contributed by atoms with van der Waals surface area (Å²) in [6.45, 7) is 4.11. The summed E-state index contributed by atoms with van der Waals surface area (Å²) >= 11 is 0. The number of unbranched alkanes of at least 4 members (excludes halogenated alkanes) is 8. The molecule has 0 heterocycles. The Morgan fingerprint density at radius 2 is 1.50 bits per heavy atom. The van der Waals surface area contributed by atoms with Crippen LogP contribution in [-0.2, 0) is 4.79 Å². The molecule has 0 aromatic rings. The molecule has 0 aliphatic rings. The largest absolute Gasteiger partial charge is 0.394 e. The van der Waals surface area contributed by atoms with Crippen LogP contribution in [0.4, 0.5) is 0 Å². The summed E-state index contributed by atoms with van der Waals surface area (Å²) in [6.07, 6.45) is 19.7. The van der Waals surface area contributed by atoms with Gasteiger partial charge in [-0.3, -0.25) is 4.79 Å². The van der Waals surface area contributed by atoms with Crippen molar-refractivity contribution in [3.05, 3.63) is 24.3 Å². The highest BCUT2D eigenvalue weighted by molar-refractivity contribution is 5.76. The normalized spacial score (nSPS) is 14.2. The molecule has 152 valence electrons. The van der Waals surface area contributed by atoms with Gasteiger partial charge in [-0.25, -0.2) is 0 Å². The molecule has 0 aliphatic carbocycles. The van der Waals surface area contributed by atoms with E-state index in [0.29, 0.717) is 6.42 Å². The second-order valence-corrected chi connectivity index (χ2v) is 6.98. The molecular formula is C22H41NO3. The Balaban J connectivity index is 3.93. The summed E-state index contributed by atoms with van der Waals surface area (Å²) in [7, 11) is 0. The van der Waals surface area contributed by atoms with Crippen molar-refractivity contribution in [2.24, 2.45) is 0 Å². The first-order chi connectivity index (χ1) is 12.7. The molecule has 0 bridgehead atoms. The zero-order chi connectivity index (χ0) is 19.5. The molecule has 26 heavy (non-hydrogen) atoms. The minimum Gasteiger partial charge on any atom is -0.394 e. The third-order valence-corrected chi connectivity index (χ3v) is 4.44. The van der Waals surface area contributed by atoms with Gasteiger partial charge in [-0.2, -0.15) is 0 Å². The second-order valence-electron chi connectivity index (χ2n) is 6.98. The third kappa shape index (κ3) is 15.2. The van der Waals surface area contributed by atoms with Crippen molar-refractivity contribution in [1.29, 1.82) is 0 Å². The number of carbonyl (C=O) groups excluding carboxylic acids is 1. The smallest absolute Gasteiger partial charge is 0.220 e. The van der Waals surface area contributed by atoms with E-state index in [1.807, 2.05) is 6.08 Å². The quantitative estimate of drug-likeness (QED) is 0.259. The topological polar surface area (TPSA) is 69.6 Å². The Bertz CT molecular complexity index is 380. The van der Waals surface area contributed by atoms with E-state index in [0.717, 1.165) is 32.1 Å². The summed E-state index contributed by atoms with van der Waals surface area (Å²) in [5.41, 5.74) is 0. The Labute approximate surface area is 160 Å². The van der Waals surface area contributed by atoms with Gasteiger partial charge in [-0.1, -0.05) is 83.1 Å². The molecule has 0 aromatic carbocycles. The minimum absolute atomic E-state index is 0.0918. The number of hydrogen-bond donors (Lipinski definition) is 3. The third-order valence-electron chi connectivity index (χ3n) is 4.44. The Morgan fingerprint density at radius 3 is 2.19 bits per heavy atom. The lowest BCUT2D eigenvalue weighted by molar-refractivity contribution is -0.123. The fourth-order valence-corrected chi connectivity index (χ4v) is 2.70. The standard InChI is InChI=1S/C22H41NO3/c1-3-5-7-9-11-12-13-15-17-21(25)20(19-24)23-22(26)18-16-14-10-8-6-4-2/h9,11,15,17,20-21,24-25H,3-8,10,12-14,16,18-19H2,1-2H3,(H,23,26)/b11-9+,17-15+. The van der Waals surface area contributed by atoms with Gasteiger partial charge in [0.1, 0.15) is 0 Å². The van der Waals surface area contributed by atoms with E-state index in [4.69, 9.17) is 0 Å². The molecule has 0 saturated carbocycles. The van der Waals surface area contributed by atoms with E-state index >= 15 is 0 Å². The van der Waals surface area contributed by atoms with Crippen LogP contribution >= 0.6 is 0 Å². The molecule has 0 radical (unpaired) electrons. The summed E-state index contributed by atoms with van der Waals surface area (Å²) in [6, 6.07) is -0.626. The predicted molar refractivity (Wildman–Crippen MR) is 110 cm³/mol.